The summed E-state index contributed by atoms with van der Waals surface area (Å²) >= 11 is 0. The first kappa shape index (κ1) is 18.4. The van der Waals surface area contributed by atoms with Crippen LogP contribution in [0.15, 0.2) is 36.0 Å². The molecule has 0 aromatic heterocycles. The number of ether oxygens (including phenoxy) is 4. The van der Waals surface area contributed by atoms with Crippen LogP contribution in [0.4, 0.5) is 0 Å². The summed E-state index contributed by atoms with van der Waals surface area (Å²) in [6, 6.07) is 0. The van der Waals surface area contributed by atoms with Crippen molar-refractivity contribution in [2.45, 2.75) is 49.5 Å². The molecule has 1 aliphatic carbocycles. The van der Waals surface area contributed by atoms with E-state index in [1.807, 2.05) is 0 Å². The first-order chi connectivity index (χ1) is 12.9. The molecule has 1 unspecified atom stereocenters. The number of epoxide rings is 1. The smallest absolute Gasteiger partial charge is 0.336 e. The maximum Gasteiger partial charge on any atom is 0.336 e. The molecule has 0 saturated carbocycles. The van der Waals surface area contributed by atoms with E-state index < -0.39 is 48.6 Å². The van der Waals surface area contributed by atoms with Crippen molar-refractivity contribution in [1.82, 2.24) is 0 Å². The van der Waals surface area contributed by atoms with Gasteiger partial charge in [0, 0.05) is 12.0 Å². The average molecular weight is 378 g/mol. The topological polar surface area (TPSA) is 115 Å². The van der Waals surface area contributed by atoms with Gasteiger partial charge >= 0.3 is 11.9 Å². The molecule has 2 N–H and O–H groups in total. The Labute approximate surface area is 156 Å². The number of esters is 2. The van der Waals surface area contributed by atoms with Crippen molar-refractivity contribution in [2.24, 2.45) is 5.92 Å². The number of aliphatic hydroxyl groups is 2. The van der Waals surface area contributed by atoms with E-state index in [9.17, 15) is 14.7 Å². The third-order valence-corrected chi connectivity index (χ3v) is 5.74. The second-order valence-electron chi connectivity index (χ2n) is 7.42. The van der Waals surface area contributed by atoms with Gasteiger partial charge in [-0.05, 0) is 24.5 Å². The summed E-state index contributed by atoms with van der Waals surface area (Å²) in [4.78, 5) is 24.4. The largest absolute Gasteiger partial charge is 0.458 e. The first-order valence-electron chi connectivity index (χ1n) is 8.92. The molecule has 5 aliphatic rings. The Morgan fingerprint density at radius 2 is 2.22 bits per heavy atom. The predicted octanol–water partition coefficient (Wildman–Crippen LogP) is 0.141. The van der Waals surface area contributed by atoms with Gasteiger partial charge < -0.3 is 29.2 Å². The van der Waals surface area contributed by atoms with Gasteiger partial charge in [0.25, 0.3) is 0 Å². The van der Waals surface area contributed by atoms with E-state index >= 15 is 0 Å². The second-order valence-corrected chi connectivity index (χ2v) is 7.42. The van der Waals surface area contributed by atoms with Gasteiger partial charge in [-0.3, -0.25) is 0 Å². The molecule has 146 valence electrons. The molecule has 3 fully saturated rings. The Morgan fingerprint density at radius 1 is 1.44 bits per heavy atom. The van der Waals surface area contributed by atoms with Crippen molar-refractivity contribution in [3.05, 3.63) is 36.0 Å². The van der Waals surface area contributed by atoms with E-state index in [2.05, 4.69) is 13.2 Å². The highest BCUT2D eigenvalue weighted by Crippen LogP contribution is 2.51. The summed E-state index contributed by atoms with van der Waals surface area (Å²) in [7, 11) is 0. The zero-order chi connectivity index (χ0) is 19.3. The number of hydrogen-bond donors (Lipinski definition) is 2. The van der Waals surface area contributed by atoms with E-state index in [0.717, 1.165) is 5.57 Å². The van der Waals surface area contributed by atoms with Crippen molar-refractivity contribution < 1.29 is 38.7 Å². The number of hydrogen-bond acceptors (Lipinski definition) is 8. The highest BCUT2D eigenvalue weighted by molar-refractivity contribution is 5.92. The molecule has 27 heavy (non-hydrogen) atoms. The number of rotatable bonds is 3. The average Bonchev–Trinajstić information content (AvgIpc) is 3.26. The molecule has 0 radical (unpaired) electrons. The fraction of sp³-hybridized carbons (Fsp3) is 0.579. The maximum absolute atomic E-state index is 12.3. The molecule has 5 rings (SSSR count). The molecule has 6 atom stereocenters. The summed E-state index contributed by atoms with van der Waals surface area (Å²) in [5.74, 6) is -1.95. The van der Waals surface area contributed by atoms with E-state index in [1.54, 1.807) is 6.08 Å². The zero-order valence-electron chi connectivity index (χ0n) is 14.8. The van der Waals surface area contributed by atoms with Gasteiger partial charge in [-0.2, -0.15) is 0 Å². The van der Waals surface area contributed by atoms with Gasteiger partial charge in [0.15, 0.2) is 6.29 Å². The lowest BCUT2D eigenvalue weighted by atomic mass is 9.81. The Morgan fingerprint density at radius 3 is 2.96 bits per heavy atom. The maximum atomic E-state index is 12.3. The molecule has 4 heterocycles. The van der Waals surface area contributed by atoms with Gasteiger partial charge in [0.05, 0.1) is 30.8 Å². The summed E-state index contributed by atoms with van der Waals surface area (Å²) in [6.07, 6.45) is 0.352. The van der Waals surface area contributed by atoms with Gasteiger partial charge in [-0.1, -0.05) is 13.2 Å². The molecule has 4 aliphatic heterocycles. The van der Waals surface area contributed by atoms with Gasteiger partial charge in [0.1, 0.15) is 17.8 Å². The van der Waals surface area contributed by atoms with Crippen LogP contribution >= 0.6 is 0 Å². The van der Waals surface area contributed by atoms with E-state index in [-0.39, 0.29) is 30.3 Å². The monoisotopic (exact) mass is 378 g/mol. The van der Waals surface area contributed by atoms with Crippen LogP contribution in [0.3, 0.4) is 0 Å². The fourth-order valence-electron chi connectivity index (χ4n) is 4.13. The molecular formula is C19H22O8. The third kappa shape index (κ3) is 3.02. The first-order valence-corrected chi connectivity index (χ1v) is 8.92. The van der Waals surface area contributed by atoms with Gasteiger partial charge in [-0.15, -0.1) is 0 Å². The summed E-state index contributed by atoms with van der Waals surface area (Å²) in [6.45, 7) is 6.95. The van der Waals surface area contributed by atoms with Crippen LogP contribution in [0, 0.1) is 5.92 Å². The lowest BCUT2D eigenvalue weighted by Crippen LogP contribution is -2.45. The Bertz CT molecular complexity index is 740. The van der Waals surface area contributed by atoms with Crippen LogP contribution in [0.2, 0.25) is 0 Å². The minimum Gasteiger partial charge on any atom is -0.458 e. The lowest BCUT2D eigenvalue weighted by molar-refractivity contribution is -0.163. The third-order valence-electron chi connectivity index (χ3n) is 5.74. The molecule has 8 nitrogen and oxygen atoms in total. The molecule has 0 aromatic rings. The van der Waals surface area contributed by atoms with Crippen molar-refractivity contribution >= 4 is 11.9 Å². The number of aliphatic hydroxyl groups excluding tert-OH is 2. The summed E-state index contributed by atoms with van der Waals surface area (Å²) in [5.41, 5.74) is -0.0403. The molecule has 0 aromatic carbocycles. The standard InChI is InChI=1S/C19H22O8/c1-9(7-20)16(21)26-13-6-19-14(27-19)4-3-11(8-24-18(19)23)5-12-15(13)10(2)17(22)25-12/h5,12-15,18,20,23H,1-4,6-8H2/b11-5-/t12-,13+,14-,15+,18?,19-/m1/s1. The zero-order valence-corrected chi connectivity index (χ0v) is 14.8. The highest BCUT2D eigenvalue weighted by Gasteiger charge is 2.65. The number of carbonyl (C=O) groups is 2. The molecule has 2 bridgehead atoms. The Hall–Kier alpha value is -2.00. The van der Waals surface area contributed by atoms with Gasteiger partial charge in [-0.25, -0.2) is 9.59 Å². The Balaban J connectivity index is 1.74. The van der Waals surface area contributed by atoms with Crippen molar-refractivity contribution in [3.63, 3.8) is 0 Å². The molecule has 0 amide bonds. The quantitative estimate of drug-likeness (QED) is 0.308. The summed E-state index contributed by atoms with van der Waals surface area (Å²) < 4.78 is 22.4. The van der Waals surface area contributed by atoms with Gasteiger partial charge in [0.2, 0.25) is 0 Å². The molecule has 3 saturated heterocycles. The van der Waals surface area contributed by atoms with Crippen LogP contribution < -0.4 is 0 Å². The number of fused-ring (bicyclic) bond motifs is 4. The van der Waals surface area contributed by atoms with Crippen molar-refractivity contribution in [1.29, 1.82) is 0 Å². The highest BCUT2D eigenvalue weighted by atomic mass is 16.7. The SMILES string of the molecule is C=C(CO)C(=O)O[C@H]1C[C@@]23O[C@@H]2CC/C(=C/[C@H]2OC(=O)C(=C)[C@H]12)COC3O. The Kier molecular flexibility index (Phi) is 4.46. The van der Waals surface area contributed by atoms with Crippen LogP contribution in [-0.4, -0.2) is 65.6 Å². The van der Waals surface area contributed by atoms with Crippen LogP contribution in [0.1, 0.15) is 19.3 Å². The normalized spacial score (nSPS) is 42.1. The van der Waals surface area contributed by atoms with Crippen LogP contribution in [-0.2, 0) is 28.5 Å². The lowest BCUT2D eigenvalue weighted by Gasteiger charge is -2.33. The van der Waals surface area contributed by atoms with Crippen LogP contribution in [0.25, 0.3) is 0 Å². The summed E-state index contributed by atoms with van der Waals surface area (Å²) in [5, 5.41) is 19.7. The predicted molar refractivity (Wildman–Crippen MR) is 90.1 cm³/mol. The van der Waals surface area contributed by atoms with E-state index in [0.29, 0.717) is 12.8 Å². The minimum absolute atomic E-state index is 0.109. The van der Waals surface area contributed by atoms with Crippen LogP contribution in [0.5, 0.6) is 0 Å². The second kappa shape index (κ2) is 6.56. The van der Waals surface area contributed by atoms with Crippen molar-refractivity contribution in [3.8, 4) is 0 Å². The molecule has 1 spiro atoms. The van der Waals surface area contributed by atoms with Crippen molar-refractivity contribution in [2.75, 3.05) is 13.2 Å². The fourth-order valence-corrected chi connectivity index (χ4v) is 4.13. The molecule has 8 heteroatoms. The number of carbonyl (C=O) groups excluding carboxylic acids is 2. The van der Waals surface area contributed by atoms with E-state index in [4.69, 9.17) is 24.1 Å². The molecular weight excluding hydrogens is 356 g/mol. The minimum atomic E-state index is -1.18. The van der Waals surface area contributed by atoms with E-state index in [1.165, 1.54) is 0 Å².